The molecule has 4 aromatic heterocycles. The number of aliphatic imine (C=N–C) groups is 2. The smallest absolute Gasteiger partial charge is 0.160 e. The van der Waals surface area contributed by atoms with Gasteiger partial charge in [-0.15, -0.1) is 22.7 Å². The van der Waals surface area contributed by atoms with Crippen LogP contribution in [0.2, 0.25) is 0 Å². The monoisotopic (exact) mass is 855 g/mol. The number of hydrogen-bond acceptors (Lipinski definition) is 7. The molecule has 14 rings (SSSR count). The zero-order valence-electron chi connectivity index (χ0n) is 34.0. The van der Waals surface area contributed by atoms with Gasteiger partial charge in [0.2, 0.25) is 0 Å². The minimum atomic E-state index is -0.409. The summed E-state index contributed by atoms with van der Waals surface area (Å²) in [5, 5.41) is 13.0. The van der Waals surface area contributed by atoms with E-state index in [4.69, 9.17) is 18.8 Å². The standard InChI is InChI=1S/C57H33N3O2S2/c1-2-10-32(11-3-1)55-58-56(36-22-24-39-38-12-4-6-16-45(38)62-48(39)29-36)60-57(59-55)43-15-8-17-47-53(43)44-28-35(23-27-46(44)61-47)37-14-9-19-50-54(37)42-26-21-34(31-52(42)64-50)33-20-25-41-40-13-5-7-18-49(40)63-51(41)30-33/h1-31,56H,(H,58,59,60). The third-order valence-electron chi connectivity index (χ3n) is 12.8. The van der Waals surface area contributed by atoms with Crippen LogP contribution in [-0.4, -0.2) is 11.7 Å². The van der Waals surface area contributed by atoms with Crippen LogP contribution < -0.4 is 5.32 Å². The number of furan rings is 2. The molecule has 9 aromatic carbocycles. The first kappa shape index (κ1) is 35.7. The molecule has 1 aliphatic rings. The second kappa shape index (κ2) is 13.8. The quantitative estimate of drug-likeness (QED) is 0.188. The predicted octanol–water partition coefficient (Wildman–Crippen LogP) is 16.1. The second-order valence-corrected chi connectivity index (χ2v) is 18.6. The molecule has 0 fully saturated rings. The fourth-order valence-corrected chi connectivity index (χ4v) is 12.0. The molecule has 0 amide bonds. The number of amidine groups is 2. The summed E-state index contributed by atoms with van der Waals surface area (Å²) in [5.74, 6) is 1.39. The minimum Gasteiger partial charge on any atom is -0.456 e. The van der Waals surface area contributed by atoms with Crippen LogP contribution in [-0.2, 0) is 0 Å². The average Bonchev–Trinajstić information content (AvgIpc) is 4.13. The Labute approximate surface area is 373 Å². The largest absolute Gasteiger partial charge is 0.456 e. The molecule has 7 heteroatoms. The first-order chi connectivity index (χ1) is 31.7. The normalized spacial score (nSPS) is 14.4. The van der Waals surface area contributed by atoms with E-state index in [9.17, 15) is 0 Å². The summed E-state index contributed by atoms with van der Waals surface area (Å²) in [6.45, 7) is 0. The number of fused-ring (bicyclic) bond motifs is 12. The van der Waals surface area contributed by atoms with Crippen molar-refractivity contribution in [2.75, 3.05) is 0 Å². The number of nitrogens with one attached hydrogen (secondary N) is 1. The lowest BCUT2D eigenvalue weighted by molar-refractivity contribution is 0.655. The van der Waals surface area contributed by atoms with Crippen LogP contribution in [0.25, 0.3) is 106 Å². The Morgan fingerprint density at radius 1 is 0.391 bits per heavy atom. The van der Waals surface area contributed by atoms with Crippen molar-refractivity contribution in [1.29, 1.82) is 0 Å². The maximum atomic E-state index is 6.59. The van der Waals surface area contributed by atoms with Gasteiger partial charge in [-0.05, 0) is 76.9 Å². The SMILES string of the molecule is c1ccc(C2=NC(c3cccc4oc5ccc(-c6cccc7sc8cc(-c9ccc%10c(c9)sc9ccccc9%10)ccc8c67)cc5c34)=NC(c3ccc4c(c3)oc3ccccc34)N2)cc1. The van der Waals surface area contributed by atoms with Crippen LogP contribution in [0.4, 0.5) is 0 Å². The summed E-state index contributed by atoms with van der Waals surface area (Å²) >= 11 is 3.72. The summed E-state index contributed by atoms with van der Waals surface area (Å²) in [6.07, 6.45) is -0.409. The Balaban J connectivity index is 0.891. The summed E-state index contributed by atoms with van der Waals surface area (Å²) in [4.78, 5) is 10.6. The van der Waals surface area contributed by atoms with Crippen molar-refractivity contribution in [2.45, 2.75) is 6.17 Å². The molecule has 0 aliphatic carbocycles. The molecular weight excluding hydrogens is 823 g/mol. The second-order valence-electron chi connectivity index (χ2n) is 16.5. The number of rotatable bonds is 5. The van der Waals surface area contributed by atoms with Gasteiger partial charge in [-0.2, -0.15) is 0 Å². The molecule has 13 aromatic rings. The van der Waals surface area contributed by atoms with E-state index < -0.39 is 6.17 Å². The van der Waals surface area contributed by atoms with Crippen molar-refractivity contribution < 1.29 is 8.83 Å². The van der Waals surface area contributed by atoms with Gasteiger partial charge in [0.05, 0.1) is 0 Å². The highest BCUT2D eigenvalue weighted by atomic mass is 32.1. The average molecular weight is 856 g/mol. The van der Waals surface area contributed by atoms with Crippen molar-refractivity contribution >= 4 is 119 Å². The molecule has 0 bridgehead atoms. The van der Waals surface area contributed by atoms with Crippen molar-refractivity contribution in [3.8, 4) is 22.3 Å². The van der Waals surface area contributed by atoms with E-state index in [-0.39, 0.29) is 0 Å². The molecule has 1 unspecified atom stereocenters. The van der Waals surface area contributed by atoms with Crippen molar-refractivity contribution in [2.24, 2.45) is 9.98 Å². The predicted molar refractivity (Wildman–Crippen MR) is 269 cm³/mol. The summed E-state index contributed by atoms with van der Waals surface area (Å²) < 4.78 is 18.1. The first-order valence-electron chi connectivity index (χ1n) is 21.4. The van der Waals surface area contributed by atoms with Crippen LogP contribution in [0.5, 0.6) is 0 Å². The molecule has 0 saturated carbocycles. The van der Waals surface area contributed by atoms with E-state index in [1.165, 1.54) is 57.0 Å². The van der Waals surface area contributed by atoms with E-state index >= 15 is 0 Å². The maximum Gasteiger partial charge on any atom is 0.160 e. The van der Waals surface area contributed by atoms with Gasteiger partial charge in [-0.1, -0.05) is 133 Å². The summed E-state index contributed by atoms with van der Waals surface area (Å²) in [7, 11) is 0. The van der Waals surface area contributed by atoms with Crippen LogP contribution in [0.1, 0.15) is 22.9 Å². The zero-order valence-corrected chi connectivity index (χ0v) is 35.6. The Morgan fingerprint density at radius 3 is 1.94 bits per heavy atom. The van der Waals surface area contributed by atoms with Gasteiger partial charge in [0.25, 0.3) is 0 Å². The third-order valence-corrected chi connectivity index (χ3v) is 15.0. The van der Waals surface area contributed by atoms with Gasteiger partial charge in [-0.3, -0.25) is 0 Å². The molecule has 0 spiro atoms. The van der Waals surface area contributed by atoms with Crippen LogP contribution in [0, 0.1) is 0 Å². The maximum absolute atomic E-state index is 6.59. The fraction of sp³-hybridized carbons (Fsp3) is 0.0175. The van der Waals surface area contributed by atoms with Crippen LogP contribution >= 0.6 is 22.7 Å². The Hall–Kier alpha value is -7.84. The van der Waals surface area contributed by atoms with Gasteiger partial charge >= 0.3 is 0 Å². The minimum absolute atomic E-state index is 0.409. The molecule has 1 N–H and O–H groups in total. The summed E-state index contributed by atoms with van der Waals surface area (Å²) in [5.41, 5.74) is 11.0. The third kappa shape index (κ3) is 5.54. The van der Waals surface area contributed by atoms with Crippen LogP contribution in [0.15, 0.2) is 207 Å². The first-order valence-corrected chi connectivity index (χ1v) is 23.0. The van der Waals surface area contributed by atoms with Gasteiger partial charge in [0.1, 0.15) is 34.3 Å². The molecule has 0 saturated heterocycles. The van der Waals surface area contributed by atoms with Gasteiger partial charge in [-0.25, -0.2) is 9.98 Å². The Bertz CT molecular complexity index is 4130. The van der Waals surface area contributed by atoms with E-state index in [0.717, 1.165) is 72.0 Å². The highest BCUT2D eigenvalue weighted by molar-refractivity contribution is 7.26. The lowest BCUT2D eigenvalue weighted by Gasteiger charge is -2.24. The highest BCUT2D eigenvalue weighted by Gasteiger charge is 2.25. The van der Waals surface area contributed by atoms with Crippen molar-refractivity contribution in [3.05, 3.63) is 205 Å². The van der Waals surface area contributed by atoms with E-state index in [1.807, 2.05) is 71.2 Å². The number of hydrogen-bond donors (Lipinski definition) is 1. The molecule has 1 atom stereocenters. The molecule has 5 nitrogen and oxygen atoms in total. The Kier molecular flexibility index (Phi) is 7.72. The Morgan fingerprint density at radius 2 is 1.03 bits per heavy atom. The lowest BCUT2D eigenvalue weighted by Crippen LogP contribution is -2.33. The number of para-hydroxylation sites is 1. The number of nitrogens with zero attached hydrogens (tertiary/aromatic N) is 2. The lowest BCUT2D eigenvalue weighted by atomic mass is 9.96. The topological polar surface area (TPSA) is 63.0 Å². The van der Waals surface area contributed by atoms with E-state index in [2.05, 4.69) is 145 Å². The number of benzene rings is 9. The molecule has 1 aliphatic heterocycles. The molecule has 64 heavy (non-hydrogen) atoms. The fourth-order valence-electron chi connectivity index (χ4n) is 9.73. The van der Waals surface area contributed by atoms with E-state index in [0.29, 0.717) is 5.84 Å². The number of thiophene rings is 2. The van der Waals surface area contributed by atoms with Gasteiger partial charge in [0.15, 0.2) is 5.84 Å². The molecule has 0 radical (unpaired) electrons. The van der Waals surface area contributed by atoms with Gasteiger partial charge in [0, 0.05) is 78.6 Å². The molecular formula is C57H33N3O2S2. The highest BCUT2D eigenvalue weighted by Crippen LogP contribution is 2.44. The zero-order chi connectivity index (χ0) is 41.9. The van der Waals surface area contributed by atoms with Crippen LogP contribution in [0.3, 0.4) is 0 Å². The van der Waals surface area contributed by atoms with Gasteiger partial charge < -0.3 is 14.2 Å². The molecule has 300 valence electrons. The molecule has 5 heterocycles. The van der Waals surface area contributed by atoms with Crippen molar-refractivity contribution in [1.82, 2.24) is 5.32 Å². The summed E-state index contributed by atoms with van der Waals surface area (Å²) in [6, 6.07) is 66.8. The van der Waals surface area contributed by atoms with Crippen molar-refractivity contribution in [3.63, 3.8) is 0 Å². The van der Waals surface area contributed by atoms with E-state index in [1.54, 1.807) is 0 Å².